The highest BCUT2D eigenvalue weighted by molar-refractivity contribution is 4.81. The van der Waals surface area contributed by atoms with Crippen LogP contribution in [0.3, 0.4) is 0 Å². The Bertz CT molecular complexity index is 173. The van der Waals surface area contributed by atoms with E-state index in [2.05, 4.69) is 18.9 Å². The lowest BCUT2D eigenvalue weighted by Gasteiger charge is -2.33. The van der Waals surface area contributed by atoms with E-state index in [1.165, 1.54) is 32.1 Å². The van der Waals surface area contributed by atoms with E-state index in [-0.39, 0.29) is 0 Å². The second-order valence-corrected chi connectivity index (χ2v) is 5.54. The highest BCUT2D eigenvalue weighted by Gasteiger charge is 2.27. The maximum absolute atomic E-state index is 10.3. The number of likely N-dealkylation sites (N-methyl/N-ethyl adjacent to an activating group) is 1. The summed E-state index contributed by atoms with van der Waals surface area (Å²) < 4.78 is 0. The first-order valence-corrected chi connectivity index (χ1v) is 6.44. The summed E-state index contributed by atoms with van der Waals surface area (Å²) in [5, 5.41) is 10.3. The van der Waals surface area contributed by atoms with E-state index in [9.17, 15) is 5.11 Å². The van der Waals surface area contributed by atoms with Crippen LogP contribution in [-0.2, 0) is 0 Å². The zero-order valence-electron chi connectivity index (χ0n) is 10.6. The molecule has 2 nitrogen and oxygen atoms in total. The molecule has 1 aliphatic carbocycles. The molecule has 0 spiro atoms. The predicted molar refractivity (Wildman–Crippen MR) is 65.0 cm³/mol. The van der Waals surface area contributed by atoms with Crippen molar-refractivity contribution in [2.45, 2.75) is 58.0 Å². The first-order chi connectivity index (χ1) is 7.03. The minimum atomic E-state index is -0.493. The zero-order valence-corrected chi connectivity index (χ0v) is 10.6. The molecule has 0 aromatic carbocycles. The Morgan fingerprint density at radius 1 is 1.27 bits per heavy atom. The molecule has 0 radical (unpaired) electrons. The van der Waals surface area contributed by atoms with Gasteiger partial charge in [-0.2, -0.15) is 0 Å². The standard InChI is InChI=1S/C13H27NO/c1-4-14(3)11-13(2,15)10-12-8-6-5-7-9-12/h12,15H,4-11H2,1-3H3. The van der Waals surface area contributed by atoms with Crippen LogP contribution in [0.4, 0.5) is 0 Å². The minimum absolute atomic E-state index is 0.493. The number of rotatable bonds is 5. The van der Waals surface area contributed by atoms with Crippen LogP contribution >= 0.6 is 0 Å². The third kappa shape index (κ3) is 4.98. The van der Waals surface area contributed by atoms with E-state index >= 15 is 0 Å². The Kier molecular flexibility index (Phi) is 5.07. The summed E-state index contributed by atoms with van der Waals surface area (Å²) >= 11 is 0. The lowest BCUT2D eigenvalue weighted by Crippen LogP contribution is -2.40. The SMILES string of the molecule is CCN(C)CC(C)(O)CC1CCCCC1. The van der Waals surface area contributed by atoms with Crippen molar-refractivity contribution in [3.05, 3.63) is 0 Å². The monoisotopic (exact) mass is 213 g/mol. The topological polar surface area (TPSA) is 23.5 Å². The number of aliphatic hydroxyl groups is 1. The molecule has 1 fully saturated rings. The van der Waals surface area contributed by atoms with Gasteiger partial charge in [-0.3, -0.25) is 0 Å². The van der Waals surface area contributed by atoms with Crippen LogP contribution in [0.2, 0.25) is 0 Å². The van der Waals surface area contributed by atoms with Gasteiger partial charge in [0.1, 0.15) is 0 Å². The van der Waals surface area contributed by atoms with Gasteiger partial charge in [-0.25, -0.2) is 0 Å². The summed E-state index contributed by atoms with van der Waals surface area (Å²) in [5.41, 5.74) is -0.493. The summed E-state index contributed by atoms with van der Waals surface area (Å²) in [5.74, 6) is 0.763. The number of nitrogens with zero attached hydrogens (tertiary/aromatic N) is 1. The van der Waals surface area contributed by atoms with Gasteiger partial charge in [-0.1, -0.05) is 39.0 Å². The molecule has 1 N–H and O–H groups in total. The number of hydrogen-bond acceptors (Lipinski definition) is 2. The van der Waals surface area contributed by atoms with Crippen molar-refractivity contribution < 1.29 is 5.11 Å². The molecule has 0 amide bonds. The van der Waals surface area contributed by atoms with E-state index in [0.29, 0.717) is 0 Å². The molecule has 0 aromatic rings. The van der Waals surface area contributed by atoms with Crippen molar-refractivity contribution in [2.75, 3.05) is 20.1 Å². The van der Waals surface area contributed by atoms with Crippen LogP contribution < -0.4 is 0 Å². The van der Waals surface area contributed by atoms with E-state index in [1.807, 2.05) is 6.92 Å². The molecule has 0 heterocycles. The third-order valence-corrected chi connectivity index (χ3v) is 3.60. The fourth-order valence-electron chi connectivity index (χ4n) is 2.77. The van der Waals surface area contributed by atoms with Gasteiger partial charge in [-0.05, 0) is 32.9 Å². The summed E-state index contributed by atoms with van der Waals surface area (Å²) in [7, 11) is 2.08. The van der Waals surface area contributed by atoms with Gasteiger partial charge in [-0.15, -0.1) is 0 Å². The summed E-state index contributed by atoms with van der Waals surface area (Å²) in [6.07, 6.45) is 7.76. The molecule has 2 heteroatoms. The molecule has 15 heavy (non-hydrogen) atoms. The largest absolute Gasteiger partial charge is 0.389 e. The molecule has 0 aromatic heterocycles. The molecule has 1 saturated carbocycles. The van der Waals surface area contributed by atoms with Crippen molar-refractivity contribution in [1.82, 2.24) is 4.90 Å². The van der Waals surface area contributed by atoms with Crippen LogP contribution in [0, 0.1) is 5.92 Å². The van der Waals surface area contributed by atoms with Gasteiger partial charge in [0.2, 0.25) is 0 Å². The lowest BCUT2D eigenvalue weighted by atomic mass is 9.81. The molecule has 0 saturated heterocycles. The highest BCUT2D eigenvalue weighted by atomic mass is 16.3. The average Bonchev–Trinajstić information content (AvgIpc) is 2.17. The average molecular weight is 213 g/mol. The van der Waals surface area contributed by atoms with Crippen molar-refractivity contribution in [3.8, 4) is 0 Å². The Balaban J connectivity index is 2.33. The van der Waals surface area contributed by atoms with Gasteiger partial charge < -0.3 is 10.0 Å². The third-order valence-electron chi connectivity index (χ3n) is 3.60. The van der Waals surface area contributed by atoms with Crippen molar-refractivity contribution in [1.29, 1.82) is 0 Å². The molecule has 1 unspecified atom stereocenters. The highest BCUT2D eigenvalue weighted by Crippen LogP contribution is 2.30. The Hall–Kier alpha value is -0.0800. The second-order valence-electron chi connectivity index (χ2n) is 5.54. The quantitative estimate of drug-likeness (QED) is 0.759. The van der Waals surface area contributed by atoms with Gasteiger partial charge in [0.15, 0.2) is 0 Å². The molecule has 90 valence electrons. The van der Waals surface area contributed by atoms with Gasteiger partial charge in [0, 0.05) is 6.54 Å². The lowest BCUT2D eigenvalue weighted by molar-refractivity contribution is 0.00183. The van der Waals surface area contributed by atoms with Crippen LogP contribution in [-0.4, -0.2) is 35.7 Å². The van der Waals surface area contributed by atoms with Crippen LogP contribution in [0.5, 0.6) is 0 Å². The molecular weight excluding hydrogens is 186 g/mol. The molecule has 1 rings (SSSR count). The van der Waals surface area contributed by atoms with E-state index in [4.69, 9.17) is 0 Å². The molecule has 0 aliphatic heterocycles. The van der Waals surface area contributed by atoms with Crippen LogP contribution in [0.1, 0.15) is 52.4 Å². The summed E-state index contributed by atoms with van der Waals surface area (Å²) in [6, 6.07) is 0. The fourth-order valence-corrected chi connectivity index (χ4v) is 2.77. The van der Waals surface area contributed by atoms with Crippen molar-refractivity contribution in [3.63, 3.8) is 0 Å². The first kappa shape index (κ1) is 13.0. The van der Waals surface area contributed by atoms with E-state index in [0.717, 1.165) is 25.4 Å². The van der Waals surface area contributed by atoms with Crippen LogP contribution in [0.25, 0.3) is 0 Å². The maximum Gasteiger partial charge on any atom is 0.0748 e. The van der Waals surface area contributed by atoms with Crippen molar-refractivity contribution >= 4 is 0 Å². The van der Waals surface area contributed by atoms with Crippen molar-refractivity contribution in [2.24, 2.45) is 5.92 Å². The Morgan fingerprint density at radius 2 is 1.87 bits per heavy atom. The van der Waals surface area contributed by atoms with Crippen LogP contribution in [0.15, 0.2) is 0 Å². The fraction of sp³-hybridized carbons (Fsp3) is 1.00. The Morgan fingerprint density at radius 3 is 2.40 bits per heavy atom. The number of hydrogen-bond donors (Lipinski definition) is 1. The second kappa shape index (κ2) is 5.86. The van der Waals surface area contributed by atoms with Gasteiger partial charge >= 0.3 is 0 Å². The molecule has 0 bridgehead atoms. The molecule has 1 aliphatic rings. The van der Waals surface area contributed by atoms with Gasteiger partial charge in [0.05, 0.1) is 5.60 Å². The predicted octanol–water partition coefficient (Wildman–Crippen LogP) is 2.66. The smallest absolute Gasteiger partial charge is 0.0748 e. The normalized spacial score (nSPS) is 23.0. The minimum Gasteiger partial charge on any atom is -0.389 e. The Labute approximate surface area is 94.7 Å². The molecular formula is C13H27NO. The summed E-state index contributed by atoms with van der Waals surface area (Å²) in [6.45, 7) is 5.95. The van der Waals surface area contributed by atoms with E-state index in [1.54, 1.807) is 0 Å². The molecule has 1 atom stereocenters. The maximum atomic E-state index is 10.3. The first-order valence-electron chi connectivity index (χ1n) is 6.44. The van der Waals surface area contributed by atoms with E-state index < -0.39 is 5.60 Å². The summed E-state index contributed by atoms with van der Waals surface area (Å²) in [4.78, 5) is 2.20. The van der Waals surface area contributed by atoms with Gasteiger partial charge in [0.25, 0.3) is 0 Å². The zero-order chi connectivity index (χ0) is 11.3.